The van der Waals surface area contributed by atoms with Gasteiger partial charge in [-0.25, -0.2) is 0 Å². The first-order valence-corrected chi connectivity index (χ1v) is 9.10. The zero-order valence-electron chi connectivity index (χ0n) is 13.2. The van der Waals surface area contributed by atoms with Crippen molar-refractivity contribution >= 4 is 17.7 Å². The number of carbonyl (C=O) groups excluding carboxylic acids is 1. The molecule has 1 aliphatic heterocycles. The molecule has 1 aromatic rings. The van der Waals surface area contributed by atoms with Crippen molar-refractivity contribution < 1.29 is 4.79 Å². The zero-order valence-corrected chi connectivity index (χ0v) is 14.0. The number of benzene rings is 1. The summed E-state index contributed by atoms with van der Waals surface area (Å²) < 4.78 is 0. The lowest BCUT2D eigenvalue weighted by atomic mass is 10.1. The average molecular weight is 306 g/mol. The molecule has 3 atom stereocenters. The fraction of sp³-hybridized carbons (Fsp3) is 0.588. The molecule has 1 fully saturated rings. The molecule has 1 saturated heterocycles. The molecule has 0 aliphatic carbocycles. The average Bonchev–Trinajstić information content (AvgIpc) is 2.83. The lowest BCUT2D eigenvalue weighted by Crippen LogP contribution is -2.33. The minimum absolute atomic E-state index is 0.0233. The van der Waals surface area contributed by atoms with E-state index in [1.807, 2.05) is 34.9 Å². The second-order valence-electron chi connectivity index (χ2n) is 5.69. The Morgan fingerprint density at radius 2 is 2.05 bits per heavy atom. The van der Waals surface area contributed by atoms with E-state index in [1.54, 1.807) is 0 Å². The van der Waals surface area contributed by atoms with Crippen LogP contribution >= 0.6 is 11.8 Å². The standard InChI is InChI=1S/C17H26N2OS/c1-4-8-15-17(20)19(12-11-13(2)21-3)16(18-15)14-9-6-5-7-10-14/h5-7,9-10,13,15-16,18H,4,8,11-12H2,1-3H3. The molecule has 4 heteroatoms. The van der Waals surface area contributed by atoms with Crippen LogP contribution in [0.3, 0.4) is 0 Å². The molecular formula is C17H26N2OS. The van der Waals surface area contributed by atoms with Crippen molar-refractivity contribution in [3.05, 3.63) is 35.9 Å². The molecule has 1 heterocycles. The molecule has 1 amide bonds. The number of carbonyl (C=O) groups is 1. The van der Waals surface area contributed by atoms with Gasteiger partial charge in [0.2, 0.25) is 5.91 Å². The summed E-state index contributed by atoms with van der Waals surface area (Å²) in [4.78, 5) is 14.7. The SMILES string of the molecule is CCCC1NC(c2ccccc2)N(CCC(C)SC)C1=O. The molecule has 21 heavy (non-hydrogen) atoms. The van der Waals surface area contributed by atoms with Crippen LogP contribution in [0.15, 0.2) is 30.3 Å². The number of hydrogen-bond acceptors (Lipinski definition) is 3. The number of amides is 1. The predicted molar refractivity (Wildman–Crippen MR) is 90.3 cm³/mol. The van der Waals surface area contributed by atoms with Gasteiger partial charge in [0.15, 0.2) is 0 Å². The van der Waals surface area contributed by atoms with Gasteiger partial charge in [-0.3, -0.25) is 10.1 Å². The van der Waals surface area contributed by atoms with E-state index in [4.69, 9.17) is 0 Å². The van der Waals surface area contributed by atoms with E-state index in [0.717, 1.165) is 25.8 Å². The molecule has 2 rings (SSSR count). The van der Waals surface area contributed by atoms with E-state index >= 15 is 0 Å². The van der Waals surface area contributed by atoms with E-state index in [2.05, 4.69) is 37.6 Å². The lowest BCUT2D eigenvalue weighted by Gasteiger charge is -2.25. The van der Waals surface area contributed by atoms with Gasteiger partial charge in [-0.1, -0.05) is 50.6 Å². The van der Waals surface area contributed by atoms with Gasteiger partial charge in [0.1, 0.15) is 6.17 Å². The third kappa shape index (κ3) is 4.01. The van der Waals surface area contributed by atoms with Gasteiger partial charge in [-0.2, -0.15) is 11.8 Å². The fourth-order valence-corrected chi connectivity index (χ4v) is 3.11. The van der Waals surface area contributed by atoms with E-state index in [0.29, 0.717) is 5.25 Å². The summed E-state index contributed by atoms with van der Waals surface area (Å²) in [6.45, 7) is 5.18. The first kappa shape index (κ1) is 16.4. The Labute approximate surface area is 132 Å². The number of nitrogens with one attached hydrogen (secondary N) is 1. The van der Waals surface area contributed by atoms with E-state index in [1.165, 1.54) is 5.56 Å². The third-order valence-electron chi connectivity index (χ3n) is 4.12. The number of hydrogen-bond donors (Lipinski definition) is 1. The number of rotatable bonds is 7. The van der Waals surface area contributed by atoms with Gasteiger partial charge in [0.25, 0.3) is 0 Å². The highest BCUT2D eigenvalue weighted by Crippen LogP contribution is 2.27. The Bertz CT molecular complexity index is 451. The first-order valence-electron chi connectivity index (χ1n) is 7.81. The van der Waals surface area contributed by atoms with E-state index in [9.17, 15) is 4.79 Å². The fourth-order valence-electron chi connectivity index (χ4n) is 2.76. The Morgan fingerprint density at radius 1 is 1.33 bits per heavy atom. The van der Waals surface area contributed by atoms with Gasteiger partial charge in [0.05, 0.1) is 6.04 Å². The molecule has 3 nitrogen and oxygen atoms in total. The van der Waals surface area contributed by atoms with Gasteiger partial charge >= 0.3 is 0 Å². The van der Waals surface area contributed by atoms with Crippen molar-refractivity contribution in [2.45, 2.75) is 50.6 Å². The summed E-state index contributed by atoms with van der Waals surface area (Å²) in [5.74, 6) is 0.263. The highest BCUT2D eigenvalue weighted by Gasteiger charge is 2.38. The largest absolute Gasteiger partial charge is 0.322 e. The molecule has 0 spiro atoms. The normalized spacial score (nSPS) is 23.6. The van der Waals surface area contributed by atoms with Gasteiger partial charge in [-0.05, 0) is 24.7 Å². The Morgan fingerprint density at radius 3 is 2.67 bits per heavy atom. The monoisotopic (exact) mass is 306 g/mol. The highest BCUT2D eigenvalue weighted by atomic mass is 32.2. The van der Waals surface area contributed by atoms with Crippen molar-refractivity contribution in [2.75, 3.05) is 12.8 Å². The molecule has 1 N–H and O–H groups in total. The van der Waals surface area contributed by atoms with Gasteiger partial charge in [0, 0.05) is 11.8 Å². The smallest absolute Gasteiger partial charge is 0.241 e. The molecule has 0 aromatic heterocycles. The van der Waals surface area contributed by atoms with Crippen LogP contribution in [-0.2, 0) is 4.79 Å². The minimum atomic E-state index is -0.0233. The van der Waals surface area contributed by atoms with Crippen LogP contribution in [0.5, 0.6) is 0 Å². The summed E-state index contributed by atoms with van der Waals surface area (Å²) in [5, 5.41) is 4.10. The van der Waals surface area contributed by atoms with Crippen LogP contribution in [0.4, 0.5) is 0 Å². The highest BCUT2D eigenvalue weighted by molar-refractivity contribution is 7.99. The van der Waals surface area contributed by atoms with Crippen LogP contribution in [0.2, 0.25) is 0 Å². The number of thioether (sulfide) groups is 1. The quantitative estimate of drug-likeness (QED) is 0.837. The Kier molecular flexibility index (Phi) is 6.12. The van der Waals surface area contributed by atoms with Crippen molar-refractivity contribution in [3.63, 3.8) is 0 Å². The van der Waals surface area contributed by atoms with Crippen LogP contribution in [-0.4, -0.2) is 34.9 Å². The van der Waals surface area contributed by atoms with Crippen LogP contribution in [0.25, 0.3) is 0 Å². The molecule has 0 radical (unpaired) electrons. The molecule has 0 saturated carbocycles. The number of nitrogens with zero attached hydrogens (tertiary/aromatic N) is 1. The maximum Gasteiger partial charge on any atom is 0.241 e. The van der Waals surface area contributed by atoms with Crippen molar-refractivity contribution in [3.8, 4) is 0 Å². The first-order chi connectivity index (χ1) is 10.2. The van der Waals surface area contributed by atoms with Gasteiger partial charge < -0.3 is 4.90 Å². The molecule has 3 unspecified atom stereocenters. The second-order valence-corrected chi connectivity index (χ2v) is 6.96. The summed E-state index contributed by atoms with van der Waals surface area (Å²) in [6.07, 6.45) is 5.14. The van der Waals surface area contributed by atoms with Crippen LogP contribution in [0.1, 0.15) is 44.8 Å². The topological polar surface area (TPSA) is 32.3 Å². The minimum Gasteiger partial charge on any atom is -0.322 e. The zero-order chi connectivity index (χ0) is 15.2. The van der Waals surface area contributed by atoms with E-state index < -0.39 is 0 Å². The van der Waals surface area contributed by atoms with Crippen LogP contribution < -0.4 is 5.32 Å². The summed E-state index contributed by atoms with van der Waals surface area (Å²) in [6, 6.07) is 10.3. The maximum atomic E-state index is 12.6. The molecule has 1 aliphatic rings. The third-order valence-corrected chi connectivity index (χ3v) is 5.16. The summed E-state index contributed by atoms with van der Waals surface area (Å²) in [5.41, 5.74) is 1.18. The predicted octanol–water partition coefficient (Wildman–Crippen LogP) is 3.43. The Balaban J connectivity index is 2.13. The van der Waals surface area contributed by atoms with Crippen molar-refractivity contribution in [1.82, 2.24) is 10.2 Å². The lowest BCUT2D eigenvalue weighted by molar-refractivity contribution is -0.130. The molecule has 1 aromatic carbocycles. The second kappa shape index (κ2) is 7.85. The van der Waals surface area contributed by atoms with Crippen molar-refractivity contribution in [1.29, 1.82) is 0 Å². The summed E-state index contributed by atoms with van der Waals surface area (Å²) in [7, 11) is 0. The Hall–Kier alpha value is -1.00. The van der Waals surface area contributed by atoms with Gasteiger partial charge in [-0.15, -0.1) is 0 Å². The summed E-state index contributed by atoms with van der Waals surface area (Å²) >= 11 is 1.86. The van der Waals surface area contributed by atoms with E-state index in [-0.39, 0.29) is 18.1 Å². The molecule has 0 bridgehead atoms. The van der Waals surface area contributed by atoms with Crippen LogP contribution in [0, 0.1) is 0 Å². The maximum absolute atomic E-state index is 12.6. The van der Waals surface area contributed by atoms with Crippen molar-refractivity contribution in [2.24, 2.45) is 0 Å². The molecular weight excluding hydrogens is 280 g/mol. The molecule has 116 valence electrons.